The average molecular weight is 230 g/mol. The summed E-state index contributed by atoms with van der Waals surface area (Å²) in [6.07, 6.45) is 7.78. The van der Waals surface area contributed by atoms with Gasteiger partial charge in [-0.2, -0.15) is 0 Å². The number of hydrogen-bond acceptors (Lipinski definition) is 2. The molecule has 2 heteroatoms. The lowest BCUT2D eigenvalue weighted by molar-refractivity contribution is 0.460. The van der Waals surface area contributed by atoms with Crippen LogP contribution in [0.15, 0.2) is 30.3 Å². The molecule has 0 aromatic heterocycles. The second-order valence-electron chi connectivity index (χ2n) is 4.67. The number of benzene rings is 1. The molecule has 1 saturated heterocycles. The minimum atomic E-state index is 0.726. The van der Waals surface area contributed by atoms with Crippen molar-refractivity contribution in [2.24, 2.45) is 5.73 Å². The Morgan fingerprint density at radius 3 is 2.53 bits per heavy atom. The maximum absolute atomic E-state index is 5.46. The van der Waals surface area contributed by atoms with E-state index in [1.165, 1.54) is 24.0 Å². The molecule has 2 nitrogen and oxygen atoms in total. The Bertz CT molecular complexity index is 348. The summed E-state index contributed by atoms with van der Waals surface area (Å²) in [6.45, 7) is 3.04. The lowest BCUT2D eigenvalue weighted by Crippen LogP contribution is -2.26. The molecule has 0 bridgehead atoms. The summed E-state index contributed by atoms with van der Waals surface area (Å²) in [4.78, 5) is 0. The van der Waals surface area contributed by atoms with Gasteiger partial charge in [0.15, 0.2) is 0 Å². The van der Waals surface area contributed by atoms with Crippen molar-refractivity contribution in [3.05, 3.63) is 41.5 Å². The standard InChI is InChI=1S/C15H22N2/c16-10-2-1-3-13-4-6-14(7-5-13)15-8-11-17-12-9-15/h1,3-7,15,17H,2,8-12,16H2. The second kappa shape index (κ2) is 6.58. The van der Waals surface area contributed by atoms with Crippen LogP contribution in [0.4, 0.5) is 0 Å². The molecule has 0 amide bonds. The lowest BCUT2D eigenvalue weighted by Gasteiger charge is -2.22. The summed E-state index contributed by atoms with van der Waals surface area (Å²) in [5, 5.41) is 3.41. The van der Waals surface area contributed by atoms with Crippen LogP contribution in [0.2, 0.25) is 0 Å². The van der Waals surface area contributed by atoms with E-state index >= 15 is 0 Å². The van der Waals surface area contributed by atoms with Gasteiger partial charge in [-0.1, -0.05) is 36.4 Å². The van der Waals surface area contributed by atoms with Gasteiger partial charge in [-0.15, -0.1) is 0 Å². The number of hydrogen-bond donors (Lipinski definition) is 2. The molecule has 2 rings (SSSR count). The molecule has 0 aliphatic carbocycles. The van der Waals surface area contributed by atoms with E-state index in [2.05, 4.69) is 41.7 Å². The first kappa shape index (κ1) is 12.3. The zero-order valence-electron chi connectivity index (χ0n) is 10.4. The van der Waals surface area contributed by atoms with Crippen LogP contribution >= 0.6 is 0 Å². The molecule has 1 heterocycles. The van der Waals surface area contributed by atoms with Crippen molar-refractivity contribution >= 4 is 6.08 Å². The SMILES string of the molecule is NCCC=Cc1ccc(C2CCNCC2)cc1. The van der Waals surface area contributed by atoms with Crippen LogP contribution in [-0.2, 0) is 0 Å². The van der Waals surface area contributed by atoms with Gasteiger partial charge in [-0.05, 0) is 55.9 Å². The van der Waals surface area contributed by atoms with E-state index in [-0.39, 0.29) is 0 Å². The van der Waals surface area contributed by atoms with Crippen molar-refractivity contribution in [3.63, 3.8) is 0 Å². The van der Waals surface area contributed by atoms with Gasteiger partial charge in [0.05, 0.1) is 0 Å². The number of piperidine rings is 1. The molecule has 1 aromatic carbocycles. The van der Waals surface area contributed by atoms with Crippen LogP contribution in [0.5, 0.6) is 0 Å². The third kappa shape index (κ3) is 3.69. The van der Waals surface area contributed by atoms with Gasteiger partial charge in [0.1, 0.15) is 0 Å². The highest BCUT2D eigenvalue weighted by Crippen LogP contribution is 2.25. The van der Waals surface area contributed by atoms with E-state index in [9.17, 15) is 0 Å². The highest BCUT2D eigenvalue weighted by molar-refractivity contribution is 5.49. The first-order chi connectivity index (χ1) is 8.40. The van der Waals surface area contributed by atoms with Crippen LogP contribution in [0.3, 0.4) is 0 Å². The molecule has 92 valence electrons. The normalized spacial score (nSPS) is 17.7. The van der Waals surface area contributed by atoms with E-state index in [1.807, 2.05) is 0 Å². The zero-order valence-corrected chi connectivity index (χ0v) is 10.4. The highest BCUT2D eigenvalue weighted by Gasteiger charge is 2.14. The fourth-order valence-electron chi connectivity index (χ4n) is 2.35. The first-order valence-electron chi connectivity index (χ1n) is 6.57. The molecular formula is C15H22N2. The topological polar surface area (TPSA) is 38.0 Å². The molecule has 1 fully saturated rings. The molecule has 1 aliphatic heterocycles. The molecule has 3 N–H and O–H groups in total. The molecule has 1 aromatic rings. The Hall–Kier alpha value is -1.12. The molecule has 17 heavy (non-hydrogen) atoms. The molecule has 0 spiro atoms. The van der Waals surface area contributed by atoms with Gasteiger partial charge < -0.3 is 11.1 Å². The van der Waals surface area contributed by atoms with Gasteiger partial charge in [-0.3, -0.25) is 0 Å². The highest BCUT2D eigenvalue weighted by atomic mass is 14.9. The van der Waals surface area contributed by atoms with E-state index in [0.717, 1.165) is 32.0 Å². The van der Waals surface area contributed by atoms with Gasteiger partial charge in [0, 0.05) is 0 Å². The third-order valence-electron chi connectivity index (χ3n) is 3.39. The van der Waals surface area contributed by atoms with Crippen LogP contribution in [0, 0.1) is 0 Å². The Morgan fingerprint density at radius 2 is 1.88 bits per heavy atom. The van der Waals surface area contributed by atoms with Crippen LogP contribution in [0.25, 0.3) is 6.08 Å². The van der Waals surface area contributed by atoms with E-state index < -0.39 is 0 Å². The Kier molecular flexibility index (Phi) is 4.77. The van der Waals surface area contributed by atoms with E-state index in [1.54, 1.807) is 0 Å². The smallest absolute Gasteiger partial charge is 0.00425 e. The Balaban J connectivity index is 1.97. The van der Waals surface area contributed by atoms with Gasteiger partial charge in [-0.25, -0.2) is 0 Å². The van der Waals surface area contributed by atoms with Crippen molar-refractivity contribution in [2.75, 3.05) is 19.6 Å². The maximum Gasteiger partial charge on any atom is -0.00425 e. The predicted molar refractivity (Wildman–Crippen MR) is 74.0 cm³/mol. The number of rotatable bonds is 4. The second-order valence-corrected chi connectivity index (χ2v) is 4.67. The Morgan fingerprint density at radius 1 is 1.18 bits per heavy atom. The van der Waals surface area contributed by atoms with Crippen LogP contribution < -0.4 is 11.1 Å². The van der Waals surface area contributed by atoms with Crippen molar-refractivity contribution in [3.8, 4) is 0 Å². The van der Waals surface area contributed by atoms with Gasteiger partial charge >= 0.3 is 0 Å². The van der Waals surface area contributed by atoms with Gasteiger partial charge in [0.2, 0.25) is 0 Å². The molecular weight excluding hydrogens is 208 g/mol. The minimum absolute atomic E-state index is 0.726. The summed E-state index contributed by atoms with van der Waals surface area (Å²) in [7, 11) is 0. The molecule has 1 aliphatic rings. The fourth-order valence-corrected chi connectivity index (χ4v) is 2.35. The summed E-state index contributed by atoms with van der Waals surface area (Å²) in [6, 6.07) is 8.98. The largest absolute Gasteiger partial charge is 0.330 e. The maximum atomic E-state index is 5.46. The summed E-state index contributed by atoms with van der Waals surface area (Å²) >= 11 is 0. The zero-order chi connectivity index (χ0) is 11.9. The van der Waals surface area contributed by atoms with Crippen molar-refractivity contribution in [2.45, 2.75) is 25.2 Å². The minimum Gasteiger partial charge on any atom is -0.330 e. The molecule has 0 atom stereocenters. The van der Waals surface area contributed by atoms with E-state index in [4.69, 9.17) is 5.73 Å². The van der Waals surface area contributed by atoms with Crippen molar-refractivity contribution < 1.29 is 0 Å². The van der Waals surface area contributed by atoms with Crippen molar-refractivity contribution in [1.82, 2.24) is 5.32 Å². The number of nitrogens with two attached hydrogens (primary N) is 1. The van der Waals surface area contributed by atoms with E-state index in [0.29, 0.717) is 0 Å². The monoisotopic (exact) mass is 230 g/mol. The quantitative estimate of drug-likeness (QED) is 0.834. The number of nitrogens with one attached hydrogen (secondary N) is 1. The van der Waals surface area contributed by atoms with Crippen LogP contribution in [-0.4, -0.2) is 19.6 Å². The predicted octanol–water partition coefficient (Wildman–Crippen LogP) is 2.52. The molecule has 0 radical (unpaired) electrons. The Labute approximate surface area is 104 Å². The summed E-state index contributed by atoms with van der Waals surface area (Å²) < 4.78 is 0. The fraction of sp³-hybridized carbons (Fsp3) is 0.467. The van der Waals surface area contributed by atoms with Gasteiger partial charge in [0.25, 0.3) is 0 Å². The molecule has 0 saturated carbocycles. The summed E-state index contributed by atoms with van der Waals surface area (Å²) in [5.41, 5.74) is 8.22. The lowest BCUT2D eigenvalue weighted by atomic mass is 9.90. The van der Waals surface area contributed by atoms with Crippen LogP contribution in [0.1, 0.15) is 36.3 Å². The average Bonchev–Trinajstić information content (AvgIpc) is 2.41. The summed E-state index contributed by atoms with van der Waals surface area (Å²) in [5.74, 6) is 0.748. The molecule has 0 unspecified atom stereocenters. The third-order valence-corrected chi connectivity index (χ3v) is 3.39. The van der Waals surface area contributed by atoms with Crippen molar-refractivity contribution in [1.29, 1.82) is 0 Å². The first-order valence-corrected chi connectivity index (χ1v) is 6.57.